The molecule has 17 heavy (non-hydrogen) atoms. The molecule has 0 spiro atoms. The van der Waals surface area contributed by atoms with E-state index < -0.39 is 6.04 Å². The van der Waals surface area contributed by atoms with Crippen LogP contribution in [0.25, 0.3) is 10.9 Å². The summed E-state index contributed by atoms with van der Waals surface area (Å²) >= 11 is 0. The lowest BCUT2D eigenvalue weighted by atomic mass is 10.1. The van der Waals surface area contributed by atoms with E-state index in [0.29, 0.717) is 13.0 Å². The predicted octanol–water partition coefficient (Wildman–Crippen LogP) is 1.17. The molecule has 1 atom stereocenters. The summed E-state index contributed by atoms with van der Waals surface area (Å²) < 4.78 is 0. The second kappa shape index (κ2) is 5.01. The van der Waals surface area contributed by atoms with Crippen molar-refractivity contribution in [2.24, 2.45) is 5.73 Å². The van der Waals surface area contributed by atoms with Crippen molar-refractivity contribution in [1.29, 1.82) is 0 Å². The molecule has 0 bridgehead atoms. The second-order valence-corrected chi connectivity index (χ2v) is 4.06. The highest BCUT2D eigenvalue weighted by atomic mass is 16.2. The van der Waals surface area contributed by atoms with Crippen molar-refractivity contribution in [1.82, 2.24) is 10.3 Å². The fourth-order valence-corrected chi connectivity index (χ4v) is 1.94. The van der Waals surface area contributed by atoms with E-state index in [1.165, 1.54) is 0 Å². The van der Waals surface area contributed by atoms with Gasteiger partial charge in [0.05, 0.1) is 6.04 Å². The van der Waals surface area contributed by atoms with Crippen molar-refractivity contribution in [2.75, 3.05) is 6.54 Å². The minimum absolute atomic E-state index is 0.0993. The highest BCUT2D eigenvalue weighted by Crippen LogP contribution is 2.18. The number of amides is 1. The van der Waals surface area contributed by atoms with Crippen molar-refractivity contribution in [3.63, 3.8) is 0 Å². The number of hydrogen-bond donors (Lipinski definition) is 3. The van der Waals surface area contributed by atoms with Gasteiger partial charge in [0, 0.05) is 23.6 Å². The molecule has 90 valence electrons. The van der Waals surface area contributed by atoms with Gasteiger partial charge in [-0.15, -0.1) is 0 Å². The van der Waals surface area contributed by atoms with Crippen molar-refractivity contribution >= 4 is 16.8 Å². The quantitative estimate of drug-likeness (QED) is 0.739. The highest BCUT2D eigenvalue weighted by molar-refractivity contribution is 5.86. The van der Waals surface area contributed by atoms with Crippen LogP contribution in [0.1, 0.15) is 12.5 Å². The van der Waals surface area contributed by atoms with Gasteiger partial charge in [-0.2, -0.15) is 0 Å². The third kappa shape index (κ3) is 2.47. The summed E-state index contributed by atoms with van der Waals surface area (Å²) in [5, 5.41) is 3.86. The summed E-state index contributed by atoms with van der Waals surface area (Å²) in [6.07, 6.45) is 2.47. The van der Waals surface area contributed by atoms with Gasteiger partial charge in [0.25, 0.3) is 0 Å². The molecular formula is C13H17N3O. The normalized spacial score (nSPS) is 12.6. The SMILES string of the molecule is CCNC(=O)C(N)Cc1c[nH]c2ccccc12. The number of fused-ring (bicyclic) bond motifs is 1. The van der Waals surface area contributed by atoms with Crippen LogP contribution in [0.3, 0.4) is 0 Å². The van der Waals surface area contributed by atoms with Gasteiger partial charge in [-0.25, -0.2) is 0 Å². The Labute approximate surface area is 100 Å². The molecule has 1 aromatic heterocycles. The van der Waals surface area contributed by atoms with Crippen molar-refractivity contribution in [3.05, 3.63) is 36.0 Å². The molecule has 0 aliphatic heterocycles. The highest BCUT2D eigenvalue weighted by Gasteiger charge is 2.14. The van der Waals surface area contributed by atoms with Crippen LogP contribution in [-0.2, 0) is 11.2 Å². The number of aromatic amines is 1. The fourth-order valence-electron chi connectivity index (χ4n) is 1.94. The standard InChI is InChI=1S/C13H17N3O/c1-2-15-13(17)11(14)7-9-8-16-12-6-4-3-5-10(9)12/h3-6,8,11,16H,2,7,14H2,1H3,(H,15,17). The lowest BCUT2D eigenvalue weighted by Crippen LogP contribution is -2.41. The molecule has 0 radical (unpaired) electrons. The van der Waals surface area contributed by atoms with E-state index in [9.17, 15) is 4.79 Å². The lowest BCUT2D eigenvalue weighted by Gasteiger charge is -2.10. The molecule has 2 rings (SSSR count). The summed E-state index contributed by atoms with van der Waals surface area (Å²) in [4.78, 5) is 14.7. The number of carbonyl (C=O) groups excluding carboxylic acids is 1. The summed E-state index contributed by atoms with van der Waals surface area (Å²) in [5.41, 5.74) is 8.02. The van der Waals surface area contributed by atoms with Crippen molar-refractivity contribution in [2.45, 2.75) is 19.4 Å². The molecule has 0 saturated heterocycles. The van der Waals surface area contributed by atoms with Crippen LogP contribution in [0.2, 0.25) is 0 Å². The van der Waals surface area contributed by atoms with Gasteiger partial charge in [0.1, 0.15) is 0 Å². The van der Waals surface area contributed by atoms with Crippen LogP contribution in [0.5, 0.6) is 0 Å². The van der Waals surface area contributed by atoms with Gasteiger partial charge < -0.3 is 16.0 Å². The van der Waals surface area contributed by atoms with Crippen LogP contribution in [0, 0.1) is 0 Å². The zero-order valence-corrected chi connectivity index (χ0v) is 9.86. The number of nitrogens with two attached hydrogens (primary N) is 1. The Kier molecular flexibility index (Phi) is 3.44. The molecule has 0 fully saturated rings. The van der Waals surface area contributed by atoms with Crippen molar-refractivity contribution in [3.8, 4) is 0 Å². The maximum Gasteiger partial charge on any atom is 0.237 e. The first-order chi connectivity index (χ1) is 8.22. The zero-order valence-electron chi connectivity index (χ0n) is 9.86. The van der Waals surface area contributed by atoms with Gasteiger partial charge in [-0.05, 0) is 25.0 Å². The van der Waals surface area contributed by atoms with E-state index >= 15 is 0 Å². The van der Waals surface area contributed by atoms with Crippen LogP contribution in [0.4, 0.5) is 0 Å². The number of hydrogen-bond acceptors (Lipinski definition) is 2. The molecule has 4 N–H and O–H groups in total. The number of rotatable bonds is 4. The molecule has 0 aliphatic rings. The van der Waals surface area contributed by atoms with Crippen molar-refractivity contribution < 1.29 is 4.79 Å². The zero-order chi connectivity index (χ0) is 12.3. The summed E-state index contributed by atoms with van der Waals surface area (Å²) in [7, 11) is 0. The number of likely N-dealkylation sites (N-methyl/N-ethyl adjacent to an activating group) is 1. The Bertz CT molecular complexity index is 518. The minimum Gasteiger partial charge on any atom is -0.361 e. The largest absolute Gasteiger partial charge is 0.361 e. The first-order valence-electron chi connectivity index (χ1n) is 5.80. The minimum atomic E-state index is -0.492. The average molecular weight is 231 g/mol. The molecular weight excluding hydrogens is 214 g/mol. The Morgan fingerprint density at radius 2 is 2.24 bits per heavy atom. The summed E-state index contributed by atoms with van der Waals surface area (Å²) in [6.45, 7) is 2.50. The van der Waals surface area contributed by atoms with Crippen LogP contribution in [-0.4, -0.2) is 23.5 Å². The predicted molar refractivity (Wildman–Crippen MR) is 68.7 cm³/mol. The Hall–Kier alpha value is -1.81. The molecule has 1 aromatic carbocycles. The summed E-state index contributed by atoms with van der Waals surface area (Å²) in [5.74, 6) is -0.0993. The van der Waals surface area contributed by atoms with E-state index in [1.54, 1.807) is 0 Å². The van der Waals surface area contributed by atoms with Gasteiger partial charge >= 0.3 is 0 Å². The number of nitrogens with one attached hydrogen (secondary N) is 2. The number of H-pyrrole nitrogens is 1. The van der Waals surface area contributed by atoms with Gasteiger partial charge in [0.2, 0.25) is 5.91 Å². The van der Waals surface area contributed by atoms with Gasteiger partial charge in [-0.1, -0.05) is 18.2 Å². The third-order valence-electron chi connectivity index (χ3n) is 2.80. The molecule has 4 heteroatoms. The maximum atomic E-state index is 11.6. The lowest BCUT2D eigenvalue weighted by molar-refractivity contribution is -0.122. The summed E-state index contributed by atoms with van der Waals surface area (Å²) in [6, 6.07) is 7.51. The average Bonchev–Trinajstić information content (AvgIpc) is 2.73. The number of para-hydroxylation sites is 1. The van der Waals surface area contributed by atoms with Crippen LogP contribution >= 0.6 is 0 Å². The first kappa shape index (κ1) is 11.7. The number of aromatic nitrogens is 1. The van der Waals surface area contributed by atoms with E-state index in [4.69, 9.17) is 5.73 Å². The molecule has 2 aromatic rings. The molecule has 0 aliphatic carbocycles. The third-order valence-corrected chi connectivity index (χ3v) is 2.80. The van der Waals surface area contributed by atoms with Crippen LogP contribution in [0.15, 0.2) is 30.5 Å². The van der Waals surface area contributed by atoms with E-state index in [-0.39, 0.29) is 5.91 Å². The van der Waals surface area contributed by atoms with Crippen LogP contribution < -0.4 is 11.1 Å². The molecule has 4 nitrogen and oxygen atoms in total. The first-order valence-corrected chi connectivity index (χ1v) is 5.80. The Morgan fingerprint density at radius 3 is 3.00 bits per heavy atom. The molecule has 1 heterocycles. The van der Waals surface area contributed by atoms with E-state index in [2.05, 4.69) is 10.3 Å². The molecule has 1 amide bonds. The Morgan fingerprint density at radius 1 is 1.47 bits per heavy atom. The monoisotopic (exact) mass is 231 g/mol. The van der Waals surface area contributed by atoms with E-state index in [1.807, 2.05) is 37.4 Å². The second-order valence-electron chi connectivity index (χ2n) is 4.06. The molecule has 1 unspecified atom stereocenters. The maximum absolute atomic E-state index is 11.6. The molecule has 0 saturated carbocycles. The topological polar surface area (TPSA) is 70.9 Å². The number of benzene rings is 1. The fraction of sp³-hybridized carbons (Fsp3) is 0.308. The Balaban J connectivity index is 2.16. The van der Waals surface area contributed by atoms with E-state index in [0.717, 1.165) is 16.5 Å². The van der Waals surface area contributed by atoms with Gasteiger partial charge in [0.15, 0.2) is 0 Å². The number of carbonyl (C=O) groups is 1. The smallest absolute Gasteiger partial charge is 0.237 e. The van der Waals surface area contributed by atoms with Gasteiger partial charge in [-0.3, -0.25) is 4.79 Å².